The van der Waals surface area contributed by atoms with Gasteiger partial charge in [-0.15, -0.1) is 0 Å². The first-order valence-corrected chi connectivity index (χ1v) is 13.3. The van der Waals surface area contributed by atoms with Crippen LogP contribution >= 0.6 is 0 Å². The van der Waals surface area contributed by atoms with E-state index in [1.165, 1.54) is 11.8 Å². The Bertz CT molecular complexity index is 1420. The third-order valence-electron chi connectivity index (χ3n) is 6.97. The fourth-order valence-corrected chi connectivity index (χ4v) is 4.90. The van der Waals surface area contributed by atoms with Gasteiger partial charge in [-0.05, 0) is 21.9 Å². The number of hydrogen-bond donors (Lipinski definition) is 2. The summed E-state index contributed by atoms with van der Waals surface area (Å²) >= 11 is 0. The van der Waals surface area contributed by atoms with Crippen LogP contribution in [0.25, 0.3) is 10.8 Å². The van der Waals surface area contributed by atoms with E-state index < -0.39 is 54.8 Å². The maximum absolute atomic E-state index is 13.2. The number of carbonyl (C=O) groups excluding carboxylic acids is 4. The highest BCUT2D eigenvalue weighted by Gasteiger charge is 2.40. The number of ketones is 1. The number of amides is 2. The predicted octanol–water partition coefficient (Wildman–Crippen LogP) is 2.66. The Balaban J connectivity index is 1.35. The number of rotatable bonds is 12. The number of carboxylic acid groups (broad SMARTS) is 1. The van der Waals surface area contributed by atoms with Gasteiger partial charge in [-0.2, -0.15) is 0 Å². The van der Waals surface area contributed by atoms with Gasteiger partial charge < -0.3 is 24.8 Å². The lowest BCUT2D eigenvalue weighted by Gasteiger charge is -2.24. The number of Topliss-reactive ketones (excluding diaryl/α,β-unsaturated/α-hetero) is 1. The molecule has 41 heavy (non-hydrogen) atoms. The van der Waals surface area contributed by atoms with Gasteiger partial charge in [0.1, 0.15) is 12.1 Å². The number of benzene rings is 3. The van der Waals surface area contributed by atoms with E-state index in [2.05, 4.69) is 5.32 Å². The zero-order chi connectivity index (χ0) is 29.4. The van der Waals surface area contributed by atoms with Crippen molar-refractivity contribution in [3.8, 4) is 0 Å². The van der Waals surface area contributed by atoms with E-state index in [0.717, 1.165) is 21.9 Å². The highest BCUT2D eigenvalue weighted by Crippen LogP contribution is 2.23. The molecule has 1 aliphatic rings. The first-order chi connectivity index (χ1) is 19.7. The minimum absolute atomic E-state index is 0.0788. The van der Waals surface area contributed by atoms with Crippen LogP contribution in [0.3, 0.4) is 0 Å². The molecule has 10 nitrogen and oxygen atoms in total. The number of aliphatic carboxylic acids is 1. The van der Waals surface area contributed by atoms with Crippen LogP contribution in [-0.2, 0) is 46.5 Å². The van der Waals surface area contributed by atoms with Crippen molar-refractivity contribution in [1.82, 2.24) is 10.2 Å². The van der Waals surface area contributed by atoms with E-state index in [9.17, 15) is 29.1 Å². The van der Waals surface area contributed by atoms with Gasteiger partial charge in [0.05, 0.1) is 25.6 Å². The fourth-order valence-electron chi connectivity index (χ4n) is 4.90. The van der Waals surface area contributed by atoms with Crippen LogP contribution in [0, 0.1) is 0 Å². The SMILES string of the molecule is CC(=O)N1CC(OCc2ccccc2)CC1C(=O)NC(CC(=O)O)C(=O)COC(=O)Cc1cccc2ccccc12. The predicted molar refractivity (Wildman–Crippen MR) is 149 cm³/mol. The summed E-state index contributed by atoms with van der Waals surface area (Å²) in [5.74, 6) is -3.76. The molecular weight excluding hydrogens is 528 g/mol. The molecule has 1 heterocycles. The van der Waals surface area contributed by atoms with Crippen LogP contribution in [-0.4, -0.2) is 70.9 Å². The van der Waals surface area contributed by atoms with Crippen LogP contribution < -0.4 is 5.32 Å². The summed E-state index contributed by atoms with van der Waals surface area (Å²) < 4.78 is 11.1. The minimum atomic E-state index is -1.44. The molecule has 214 valence electrons. The van der Waals surface area contributed by atoms with Crippen LogP contribution in [0.15, 0.2) is 72.8 Å². The van der Waals surface area contributed by atoms with Crippen LogP contribution in [0.5, 0.6) is 0 Å². The Morgan fingerprint density at radius 1 is 0.976 bits per heavy atom. The number of likely N-dealkylation sites (tertiary alicyclic amines) is 1. The molecule has 2 N–H and O–H groups in total. The van der Waals surface area contributed by atoms with Crippen molar-refractivity contribution in [1.29, 1.82) is 0 Å². The number of nitrogens with one attached hydrogen (secondary N) is 1. The number of hydrogen-bond acceptors (Lipinski definition) is 7. The molecule has 2 amide bonds. The second kappa shape index (κ2) is 13.7. The van der Waals surface area contributed by atoms with E-state index >= 15 is 0 Å². The summed E-state index contributed by atoms with van der Waals surface area (Å²) in [7, 11) is 0. The maximum atomic E-state index is 13.2. The molecule has 1 aliphatic heterocycles. The number of ether oxygens (including phenoxy) is 2. The van der Waals surface area contributed by atoms with Gasteiger partial charge in [0.15, 0.2) is 12.4 Å². The summed E-state index contributed by atoms with van der Waals surface area (Å²) in [6.07, 6.45) is -1.01. The summed E-state index contributed by atoms with van der Waals surface area (Å²) in [6.45, 7) is 1.11. The molecule has 0 aliphatic carbocycles. The zero-order valence-electron chi connectivity index (χ0n) is 22.7. The molecule has 3 atom stereocenters. The third kappa shape index (κ3) is 7.98. The van der Waals surface area contributed by atoms with Crippen molar-refractivity contribution in [3.05, 3.63) is 83.9 Å². The second-order valence-corrected chi connectivity index (χ2v) is 9.94. The van der Waals surface area contributed by atoms with Crippen molar-refractivity contribution in [2.75, 3.05) is 13.2 Å². The largest absolute Gasteiger partial charge is 0.481 e. The van der Waals surface area contributed by atoms with Crippen molar-refractivity contribution >= 4 is 40.3 Å². The Morgan fingerprint density at radius 2 is 1.68 bits per heavy atom. The summed E-state index contributed by atoms with van der Waals surface area (Å²) in [5.41, 5.74) is 1.67. The van der Waals surface area contributed by atoms with Gasteiger partial charge in [0, 0.05) is 19.9 Å². The van der Waals surface area contributed by atoms with E-state index in [1.807, 2.05) is 66.7 Å². The molecule has 1 fully saturated rings. The molecule has 0 saturated carbocycles. The Hall–Kier alpha value is -4.57. The monoisotopic (exact) mass is 560 g/mol. The summed E-state index contributed by atoms with van der Waals surface area (Å²) in [4.78, 5) is 63.6. The molecule has 0 radical (unpaired) electrons. The topological polar surface area (TPSA) is 139 Å². The smallest absolute Gasteiger partial charge is 0.310 e. The normalized spacial score (nSPS) is 17.1. The van der Waals surface area contributed by atoms with E-state index in [4.69, 9.17) is 9.47 Å². The lowest BCUT2D eigenvalue weighted by Crippen LogP contribution is -2.51. The maximum Gasteiger partial charge on any atom is 0.310 e. The molecule has 4 rings (SSSR count). The highest BCUT2D eigenvalue weighted by atomic mass is 16.5. The number of carboxylic acids is 1. The van der Waals surface area contributed by atoms with Crippen molar-refractivity contribution in [2.24, 2.45) is 0 Å². The number of nitrogens with zero attached hydrogens (tertiary/aromatic N) is 1. The van der Waals surface area contributed by atoms with Crippen molar-refractivity contribution in [3.63, 3.8) is 0 Å². The first kappa shape index (κ1) is 29.4. The molecule has 3 aromatic carbocycles. The lowest BCUT2D eigenvalue weighted by atomic mass is 10.0. The van der Waals surface area contributed by atoms with Crippen molar-refractivity contribution in [2.45, 2.75) is 51.0 Å². The van der Waals surface area contributed by atoms with Gasteiger partial charge in [-0.25, -0.2) is 0 Å². The number of esters is 1. The number of carbonyl (C=O) groups is 5. The average molecular weight is 561 g/mol. The van der Waals surface area contributed by atoms with Gasteiger partial charge in [0.2, 0.25) is 11.8 Å². The highest BCUT2D eigenvalue weighted by molar-refractivity contribution is 5.96. The average Bonchev–Trinajstić information content (AvgIpc) is 3.40. The molecule has 0 aromatic heterocycles. The van der Waals surface area contributed by atoms with Crippen molar-refractivity contribution < 1.29 is 38.6 Å². The van der Waals surface area contributed by atoms with Crippen LogP contribution in [0.4, 0.5) is 0 Å². The summed E-state index contributed by atoms with van der Waals surface area (Å²) in [6, 6.07) is 20.1. The molecule has 3 aromatic rings. The molecule has 0 spiro atoms. The number of fused-ring (bicyclic) bond motifs is 1. The standard InChI is InChI=1S/C31H32N2O8/c1-20(34)33-17-24(40-18-21-8-3-2-4-9-21)15-27(33)31(39)32-26(16-29(36)37)28(35)19-41-30(38)14-23-12-7-11-22-10-5-6-13-25(22)23/h2-13,24,26-27H,14-19H2,1H3,(H,32,39)(H,36,37). The minimum Gasteiger partial charge on any atom is -0.481 e. The molecule has 3 unspecified atom stereocenters. The molecule has 0 bridgehead atoms. The van der Waals surface area contributed by atoms with Crippen LogP contribution in [0.1, 0.15) is 30.9 Å². The van der Waals surface area contributed by atoms with Crippen LogP contribution in [0.2, 0.25) is 0 Å². The van der Waals surface area contributed by atoms with Gasteiger partial charge >= 0.3 is 11.9 Å². The van der Waals surface area contributed by atoms with Gasteiger partial charge in [0.25, 0.3) is 0 Å². The zero-order valence-corrected chi connectivity index (χ0v) is 22.7. The Labute approximate surface area is 237 Å². The van der Waals surface area contributed by atoms with Gasteiger partial charge in [-0.1, -0.05) is 72.8 Å². The Kier molecular flexibility index (Phi) is 9.81. The van der Waals surface area contributed by atoms with E-state index in [0.29, 0.717) is 6.61 Å². The molecule has 10 heteroatoms. The summed E-state index contributed by atoms with van der Waals surface area (Å²) in [5, 5.41) is 13.6. The van der Waals surface area contributed by atoms with E-state index in [-0.39, 0.29) is 25.3 Å². The fraction of sp³-hybridized carbons (Fsp3) is 0.323. The quantitative estimate of drug-likeness (QED) is 0.323. The molecular formula is C31H32N2O8. The molecule has 1 saturated heterocycles. The third-order valence-corrected chi connectivity index (χ3v) is 6.97. The lowest BCUT2D eigenvalue weighted by molar-refractivity contribution is -0.149. The Morgan fingerprint density at radius 3 is 2.41 bits per heavy atom. The second-order valence-electron chi connectivity index (χ2n) is 9.94. The van der Waals surface area contributed by atoms with Gasteiger partial charge in [-0.3, -0.25) is 24.0 Å². The van der Waals surface area contributed by atoms with E-state index in [1.54, 1.807) is 6.07 Å². The first-order valence-electron chi connectivity index (χ1n) is 13.3.